The number of furan rings is 1. The summed E-state index contributed by atoms with van der Waals surface area (Å²) in [5.41, 5.74) is 5.96. The lowest BCUT2D eigenvalue weighted by molar-refractivity contribution is 0.593. The molecule has 25 heavy (non-hydrogen) atoms. The molecule has 0 saturated carbocycles. The van der Waals surface area contributed by atoms with Crippen LogP contribution in [0, 0.1) is 0 Å². The molecule has 0 atom stereocenters. The van der Waals surface area contributed by atoms with Gasteiger partial charge in [-0.2, -0.15) is 0 Å². The molecule has 0 aliphatic carbocycles. The second kappa shape index (κ2) is 4.66. The lowest BCUT2D eigenvalue weighted by atomic mass is 9.85. The summed E-state index contributed by atoms with van der Waals surface area (Å²) in [6, 6.07) is 19.3. The van der Waals surface area contributed by atoms with Gasteiger partial charge in [0.25, 0.3) is 0 Å². The first kappa shape index (κ1) is 14.6. The summed E-state index contributed by atoms with van der Waals surface area (Å²) < 4.78 is 8.45. The first-order chi connectivity index (χ1) is 12.0. The second-order valence-electron chi connectivity index (χ2n) is 7.94. The van der Waals surface area contributed by atoms with Crippen LogP contribution in [0.5, 0.6) is 0 Å². The van der Waals surface area contributed by atoms with E-state index in [1.165, 1.54) is 38.1 Å². The number of benzene rings is 3. The molecule has 2 heteroatoms. The van der Waals surface area contributed by atoms with E-state index < -0.39 is 0 Å². The third kappa shape index (κ3) is 1.85. The van der Waals surface area contributed by atoms with Crippen molar-refractivity contribution in [3.63, 3.8) is 0 Å². The molecule has 0 N–H and O–H groups in total. The average Bonchev–Trinajstić information content (AvgIpc) is 3.10. The van der Waals surface area contributed by atoms with E-state index in [1.54, 1.807) is 0 Å². The van der Waals surface area contributed by atoms with Gasteiger partial charge in [-0.3, -0.25) is 0 Å². The highest BCUT2D eigenvalue weighted by Gasteiger charge is 2.22. The first-order valence-corrected chi connectivity index (χ1v) is 8.78. The number of hydrogen-bond donors (Lipinski definition) is 0. The van der Waals surface area contributed by atoms with Gasteiger partial charge < -0.3 is 8.98 Å². The maximum atomic E-state index is 6.10. The van der Waals surface area contributed by atoms with Crippen molar-refractivity contribution in [2.45, 2.75) is 26.2 Å². The number of hydrogen-bond acceptors (Lipinski definition) is 1. The molecule has 0 bridgehead atoms. The minimum absolute atomic E-state index is 0.0965. The fraction of sp³-hybridized carbons (Fsp3) is 0.217. The number of fused-ring (bicyclic) bond motifs is 7. The summed E-state index contributed by atoms with van der Waals surface area (Å²) >= 11 is 0. The van der Waals surface area contributed by atoms with Gasteiger partial charge in [-0.05, 0) is 29.2 Å². The van der Waals surface area contributed by atoms with E-state index in [1.807, 2.05) is 12.1 Å². The van der Waals surface area contributed by atoms with Crippen molar-refractivity contribution in [1.82, 2.24) is 4.57 Å². The second-order valence-corrected chi connectivity index (χ2v) is 7.94. The maximum Gasteiger partial charge on any atom is 0.137 e. The van der Waals surface area contributed by atoms with Crippen LogP contribution in [0.3, 0.4) is 0 Å². The fourth-order valence-electron chi connectivity index (χ4n) is 4.20. The van der Waals surface area contributed by atoms with Crippen molar-refractivity contribution in [1.29, 1.82) is 0 Å². The van der Waals surface area contributed by atoms with E-state index in [2.05, 4.69) is 74.9 Å². The lowest BCUT2D eigenvalue weighted by Crippen LogP contribution is -2.12. The van der Waals surface area contributed by atoms with Crippen LogP contribution in [0.2, 0.25) is 0 Å². The highest BCUT2D eigenvalue weighted by atomic mass is 16.3. The summed E-state index contributed by atoms with van der Waals surface area (Å²) in [4.78, 5) is 0. The predicted molar refractivity (Wildman–Crippen MR) is 106 cm³/mol. The lowest BCUT2D eigenvalue weighted by Gasteiger charge is -2.21. The Bertz CT molecular complexity index is 1280. The Morgan fingerprint density at radius 3 is 2.24 bits per heavy atom. The third-order valence-corrected chi connectivity index (χ3v) is 5.32. The summed E-state index contributed by atoms with van der Waals surface area (Å²) in [5.74, 6) is 0. The zero-order valence-corrected chi connectivity index (χ0v) is 15.1. The van der Waals surface area contributed by atoms with E-state index in [9.17, 15) is 0 Å². The van der Waals surface area contributed by atoms with E-state index in [4.69, 9.17) is 4.42 Å². The SMILES string of the molecule is Cn1c2c(C(C)(C)C)cccc2c2ccc3oc4ccccc4c3c21. The number of aromatic nitrogens is 1. The smallest absolute Gasteiger partial charge is 0.137 e. The summed E-state index contributed by atoms with van der Waals surface area (Å²) in [6.07, 6.45) is 0. The molecule has 3 aromatic carbocycles. The normalized spacial score (nSPS) is 12.8. The average molecular weight is 327 g/mol. The van der Waals surface area contributed by atoms with E-state index in [0.717, 1.165) is 11.2 Å². The molecule has 0 saturated heterocycles. The van der Waals surface area contributed by atoms with Crippen LogP contribution in [-0.4, -0.2) is 4.57 Å². The molecular formula is C23H21NO. The molecule has 0 aliphatic heterocycles. The van der Waals surface area contributed by atoms with Gasteiger partial charge in [-0.1, -0.05) is 57.2 Å². The Kier molecular flexibility index (Phi) is 2.72. The Morgan fingerprint density at radius 2 is 1.44 bits per heavy atom. The third-order valence-electron chi connectivity index (χ3n) is 5.32. The van der Waals surface area contributed by atoms with Crippen LogP contribution in [0.4, 0.5) is 0 Å². The van der Waals surface area contributed by atoms with Crippen LogP contribution < -0.4 is 0 Å². The van der Waals surface area contributed by atoms with Gasteiger partial charge in [-0.25, -0.2) is 0 Å². The Balaban J connectivity index is 2.09. The molecule has 0 amide bonds. The molecule has 2 heterocycles. The van der Waals surface area contributed by atoms with Gasteiger partial charge >= 0.3 is 0 Å². The quantitative estimate of drug-likeness (QED) is 0.316. The first-order valence-electron chi connectivity index (χ1n) is 8.78. The van der Waals surface area contributed by atoms with Crippen LogP contribution in [0.15, 0.2) is 59.0 Å². The van der Waals surface area contributed by atoms with Crippen molar-refractivity contribution in [3.8, 4) is 0 Å². The predicted octanol–water partition coefficient (Wildman–Crippen LogP) is 6.53. The highest BCUT2D eigenvalue weighted by molar-refractivity contribution is 6.24. The standard InChI is InChI=1S/C23H21NO/c1-23(2,3)17-10-7-9-14-15-12-13-19-20(22(15)24(4)21(14)17)16-8-5-6-11-18(16)25-19/h5-13H,1-4H3. The van der Waals surface area contributed by atoms with Crippen molar-refractivity contribution >= 4 is 43.7 Å². The monoisotopic (exact) mass is 327 g/mol. The van der Waals surface area contributed by atoms with Gasteiger partial charge in [0.15, 0.2) is 0 Å². The summed E-state index contributed by atoms with van der Waals surface area (Å²) in [6.45, 7) is 6.84. The zero-order chi connectivity index (χ0) is 17.3. The van der Waals surface area contributed by atoms with Gasteiger partial charge in [0, 0.05) is 23.2 Å². The minimum atomic E-state index is 0.0965. The van der Waals surface area contributed by atoms with Crippen molar-refractivity contribution < 1.29 is 4.42 Å². The van der Waals surface area contributed by atoms with Crippen LogP contribution in [0.1, 0.15) is 26.3 Å². The highest BCUT2D eigenvalue weighted by Crippen LogP contribution is 2.41. The van der Waals surface area contributed by atoms with Crippen molar-refractivity contribution in [2.24, 2.45) is 7.05 Å². The van der Waals surface area contributed by atoms with Crippen LogP contribution >= 0.6 is 0 Å². The molecule has 0 radical (unpaired) electrons. The van der Waals surface area contributed by atoms with E-state index >= 15 is 0 Å². The molecule has 124 valence electrons. The largest absolute Gasteiger partial charge is 0.456 e. The molecule has 0 fully saturated rings. The zero-order valence-electron chi connectivity index (χ0n) is 15.1. The summed E-state index contributed by atoms with van der Waals surface area (Å²) in [7, 11) is 2.18. The molecule has 5 rings (SSSR count). The van der Waals surface area contributed by atoms with Gasteiger partial charge in [0.2, 0.25) is 0 Å². The molecule has 5 aromatic rings. The van der Waals surface area contributed by atoms with Crippen molar-refractivity contribution in [3.05, 3.63) is 60.2 Å². The van der Waals surface area contributed by atoms with Crippen molar-refractivity contribution in [2.75, 3.05) is 0 Å². The molecule has 0 unspecified atom stereocenters. The molecule has 0 spiro atoms. The van der Waals surface area contributed by atoms with Gasteiger partial charge in [0.05, 0.1) is 16.4 Å². The number of rotatable bonds is 0. The Labute approximate surface area is 146 Å². The number of nitrogens with zero attached hydrogens (tertiary/aromatic N) is 1. The molecule has 2 nitrogen and oxygen atoms in total. The fourth-order valence-corrected chi connectivity index (χ4v) is 4.20. The molecular weight excluding hydrogens is 306 g/mol. The topological polar surface area (TPSA) is 18.1 Å². The van der Waals surface area contributed by atoms with Crippen LogP contribution in [-0.2, 0) is 12.5 Å². The van der Waals surface area contributed by atoms with Crippen LogP contribution in [0.25, 0.3) is 43.7 Å². The Morgan fingerprint density at radius 1 is 0.720 bits per heavy atom. The maximum absolute atomic E-state index is 6.10. The Hall–Kier alpha value is -2.74. The number of para-hydroxylation sites is 2. The number of aryl methyl sites for hydroxylation is 1. The summed E-state index contributed by atoms with van der Waals surface area (Å²) in [5, 5.41) is 5.01. The molecule has 2 aromatic heterocycles. The van der Waals surface area contributed by atoms with E-state index in [-0.39, 0.29) is 5.41 Å². The van der Waals surface area contributed by atoms with E-state index in [0.29, 0.717) is 0 Å². The van der Waals surface area contributed by atoms with Gasteiger partial charge in [0.1, 0.15) is 11.2 Å². The van der Waals surface area contributed by atoms with Gasteiger partial charge in [-0.15, -0.1) is 0 Å². The minimum Gasteiger partial charge on any atom is -0.456 e. The molecule has 0 aliphatic rings.